The number of rotatable bonds is 6. The Hall–Kier alpha value is -6.65. The molecule has 0 saturated carbocycles. The van der Waals surface area contributed by atoms with Gasteiger partial charge in [0.25, 0.3) is 0 Å². The molecule has 49 heavy (non-hydrogen) atoms. The van der Waals surface area contributed by atoms with E-state index in [0.29, 0.717) is 17.5 Å². The van der Waals surface area contributed by atoms with Crippen molar-refractivity contribution < 1.29 is 0 Å². The van der Waals surface area contributed by atoms with E-state index in [2.05, 4.69) is 126 Å². The Morgan fingerprint density at radius 2 is 0.735 bits per heavy atom. The van der Waals surface area contributed by atoms with Gasteiger partial charge in [0.2, 0.25) is 0 Å². The summed E-state index contributed by atoms with van der Waals surface area (Å²) in [6, 6.07) is 63.4. The zero-order valence-corrected chi connectivity index (χ0v) is 26.6. The van der Waals surface area contributed by atoms with Gasteiger partial charge in [0.05, 0.1) is 11.0 Å². The summed E-state index contributed by atoms with van der Waals surface area (Å²) in [5, 5.41) is 2.45. The van der Waals surface area contributed by atoms with Gasteiger partial charge in [0.15, 0.2) is 17.5 Å². The predicted octanol–water partition coefficient (Wildman–Crippen LogP) is 11.3. The Balaban J connectivity index is 1.17. The third-order valence-corrected chi connectivity index (χ3v) is 9.08. The number of aromatic nitrogens is 4. The van der Waals surface area contributed by atoms with Crippen LogP contribution in [0.25, 0.3) is 83.9 Å². The standard InChI is InChI=1S/C45H30N4/c1-4-13-31(14-5-1)32-23-25-33(26-24-32)38-20-12-21-40-39-19-10-11-22-41(39)49(42(38)40)37-29-27-36(28-30-37)45-47-43(34-15-6-2-7-16-34)46-44(48-45)35-17-8-3-9-18-35/h1-30H. The second-order valence-electron chi connectivity index (χ2n) is 12.1. The van der Waals surface area contributed by atoms with Crippen molar-refractivity contribution in [2.75, 3.05) is 0 Å². The fourth-order valence-electron chi connectivity index (χ4n) is 6.69. The van der Waals surface area contributed by atoms with Crippen LogP contribution in [0.1, 0.15) is 0 Å². The van der Waals surface area contributed by atoms with Gasteiger partial charge in [-0.15, -0.1) is 0 Å². The van der Waals surface area contributed by atoms with Gasteiger partial charge < -0.3 is 4.57 Å². The van der Waals surface area contributed by atoms with Crippen molar-refractivity contribution in [1.29, 1.82) is 0 Å². The monoisotopic (exact) mass is 626 g/mol. The molecule has 4 nitrogen and oxygen atoms in total. The molecule has 4 heteroatoms. The first-order chi connectivity index (χ1) is 24.3. The minimum Gasteiger partial charge on any atom is -0.309 e. The highest BCUT2D eigenvalue weighted by Crippen LogP contribution is 2.39. The highest BCUT2D eigenvalue weighted by atomic mass is 15.0. The fourth-order valence-corrected chi connectivity index (χ4v) is 6.69. The first-order valence-electron chi connectivity index (χ1n) is 16.5. The molecule has 0 fully saturated rings. The fraction of sp³-hybridized carbons (Fsp3) is 0. The van der Waals surface area contributed by atoms with Crippen LogP contribution in [0.3, 0.4) is 0 Å². The molecule has 2 heterocycles. The summed E-state index contributed by atoms with van der Waals surface area (Å²) in [6.07, 6.45) is 0. The second-order valence-corrected chi connectivity index (χ2v) is 12.1. The van der Waals surface area contributed by atoms with Crippen molar-refractivity contribution in [2.45, 2.75) is 0 Å². The largest absolute Gasteiger partial charge is 0.309 e. The molecule has 0 saturated heterocycles. The highest BCUT2D eigenvalue weighted by Gasteiger charge is 2.17. The molecule has 2 aromatic heterocycles. The zero-order valence-electron chi connectivity index (χ0n) is 26.6. The Morgan fingerprint density at radius 1 is 0.306 bits per heavy atom. The van der Waals surface area contributed by atoms with Crippen molar-refractivity contribution in [3.63, 3.8) is 0 Å². The zero-order chi connectivity index (χ0) is 32.6. The van der Waals surface area contributed by atoms with Crippen LogP contribution in [0.4, 0.5) is 0 Å². The van der Waals surface area contributed by atoms with E-state index < -0.39 is 0 Å². The van der Waals surface area contributed by atoms with Crippen molar-refractivity contribution in [3.05, 3.63) is 182 Å². The average molecular weight is 627 g/mol. The maximum atomic E-state index is 4.95. The van der Waals surface area contributed by atoms with Crippen LogP contribution in [0.15, 0.2) is 182 Å². The SMILES string of the molecule is c1ccc(-c2ccc(-c3cccc4c5ccccc5n(-c5ccc(-c6nc(-c7ccccc7)nc(-c7ccccc7)n6)cc5)c34)cc2)cc1. The lowest BCUT2D eigenvalue weighted by Crippen LogP contribution is -2.00. The van der Waals surface area contributed by atoms with Crippen LogP contribution in [-0.2, 0) is 0 Å². The number of hydrogen-bond acceptors (Lipinski definition) is 3. The smallest absolute Gasteiger partial charge is 0.164 e. The first kappa shape index (κ1) is 28.6. The molecule has 0 aliphatic carbocycles. The van der Waals surface area contributed by atoms with Gasteiger partial charge in [0.1, 0.15) is 0 Å². The Morgan fingerprint density at radius 3 is 1.33 bits per heavy atom. The molecule has 0 spiro atoms. The van der Waals surface area contributed by atoms with Crippen molar-refractivity contribution >= 4 is 21.8 Å². The molecule has 9 aromatic rings. The first-order valence-corrected chi connectivity index (χ1v) is 16.5. The lowest BCUT2D eigenvalue weighted by atomic mass is 9.98. The average Bonchev–Trinajstić information content (AvgIpc) is 3.53. The predicted molar refractivity (Wildman–Crippen MR) is 201 cm³/mol. The van der Waals surface area contributed by atoms with E-state index in [1.807, 2.05) is 60.7 Å². The van der Waals surface area contributed by atoms with Gasteiger partial charge in [0, 0.05) is 38.7 Å². The van der Waals surface area contributed by atoms with Crippen molar-refractivity contribution in [1.82, 2.24) is 19.5 Å². The number of para-hydroxylation sites is 2. The van der Waals surface area contributed by atoms with Crippen molar-refractivity contribution in [2.24, 2.45) is 0 Å². The second kappa shape index (κ2) is 12.2. The summed E-state index contributed by atoms with van der Waals surface area (Å²) < 4.78 is 2.38. The third kappa shape index (κ3) is 5.26. The Bertz CT molecular complexity index is 2500. The topological polar surface area (TPSA) is 43.6 Å². The summed E-state index contributed by atoms with van der Waals surface area (Å²) in [4.78, 5) is 14.8. The summed E-state index contributed by atoms with van der Waals surface area (Å²) in [5.41, 5.74) is 11.0. The molecule has 0 aliphatic heterocycles. The lowest BCUT2D eigenvalue weighted by molar-refractivity contribution is 1.07. The third-order valence-electron chi connectivity index (χ3n) is 9.08. The number of benzene rings is 7. The van der Waals surface area contributed by atoms with E-state index in [1.54, 1.807) is 0 Å². The van der Waals surface area contributed by atoms with E-state index >= 15 is 0 Å². The molecule has 9 rings (SSSR count). The van der Waals surface area contributed by atoms with Crippen LogP contribution in [0.5, 0.6) is 0 Å². The normalized spacial score (nSPS) is 11.3. The van der Waals surface area contributed by atoms with Gasteiger partial charge in [-0.2, -0.15) is 0 Å². The highest BCUT2D eigenvalue weighted by molar-refractivity contribution is 6.13. The Kier molecular flexibility index (Phi) is 7.10. The maximum absolute atomic E-state index is 4.95. The van der Waals surface area contributed by atoms with E-state index in [0.717, 1.165) is 27.9 Å². The molecular formula is C45H30N4. The molecule has 0 atom stereocenters. The summed E-state index contributed by atoms with van der Waals surface area (Å²) in [5.74, 6) is 1.94. The maximum Gasteiger partial charge on any atom is 0.164 e. The molecule has 7 aromatic carbocycles. The Labute approximate surface area is 284 Å². The van der Waals surface area contributed by atoms with E-state index in [9.17, 15) is 0 Å². The van der Waals surface area contributed by atoms with E-state index in [1.165, 1.54) is 38.5 Å². The molecular weight excluding hydrogens is 597 g/mol. The van der Waals surface area contributed by atoms with Gasteiger partial charge in [-0.25, -0.2) is 15.0 Å². The van der Waals surface area contributed by atoms with Crippen LogP contribution in [0.2, 0.25) is 0 Å². The van der Waals surface area contributed by atoms with Crippen molar-refractivity contribution in [3.8, 4) is 62.1 Å². The number of hydrogen-bond donors (Lipinski definition) is 0. The number of fused-ring (bicyclic) bond motifs is 3. The molecule has 0 radical (unpaired) electrons. The van der Waals surface area contributed by atoms with Gasteiger partial charge >= 0.3 is 0 Å². The molecule has 0 N–H and O–H groups in total. The molecule has 230 valence electrons. The summed E-state index contributed by atoms with van der Waals surface area (Å²) in [7, 11) is 0. The minimum absolute atomic E-state index is 0.640. The van der Waals surface area contributed by atoms with Crippen LogP contribution in [-0.4, -0.2) is 19.5 Å². The summed E-state index contributed by atoms with van der Waals surface area (Å²) >= 11 is 0. The van der Waals surface area contributed by atoms with Crippen LogP contribution in [0, 0.1) is 0 Å². The quantitative estimate of drug-likeness (QED) is 0.184. The lowest BCUT2D eigenvalue weighted by Gasteiger charge is -2.13. The van der Waals surface area contributed by atoms with Gasteiger partial charge in [-0.1, -0.05) is 152 Å². The van der Waals surface area contributed by atoms with E-state index in [-0.39, 0.29) is 0 Å². The number of nitrogens with zero attached hydrogens (tertiary/aromatic N) is 4. The summed E-state index contributed by atoms with van der Waals surface area (Å²) in [6.45, 7) is 0. The van der Waals surface area contributed by atoms with E-state index in [4.69, 9.17) is 15.0 Å². The van der Waals surface area contributed by atoms with Gasteiger partial charge in [-0.3, -0.25) is 0 Å². The van der Waals surface area contributed by atoms with Crippen LogP contribution >= 0.6 is 0 Å². The minimum atomic E-state index is 0.640. The molecule has 0 bridgehead atoms. The molecule has 0 unspecified atom stereocenters. The molecule has 0 aliphatic rings. The molecule has 0 amide bonds. The van der Waals surface area contributed by atoms with Crippen LogP contribution < -0.4 is 0 Å². The van der Waals surface area contributed by atoms with Gasteiger partial charge in [-0.05, 0) is 47.0 Å².